The number of nitrogens with zero attached hydrogens (tertiary/aromatic N) is 1. The molecule has 4 heteroatoms. The number of aryl methyl sites for hydroxylation is 1. The Bertz CT molecular complexity index is 441. The SMILES string of the molecule is Cl.O=C1CCCc2cc(N3CCOCC3)ccc21. The molecule has 0 unspecified atom stereocenters. The fourth-order valence-corrected chi connectivity index (χ4v) is 2.65. The number of ether oxygens (including phenoxy) is 1. The first-order chi connectivity index (χ1) is 8.34. The second-order valence-corrected chi connectivity index (χ2v) is 4.72. The summed E-state index contributed by atoms with van der Waals surface area (Å²) in [6.45, 7) is 3.51. The Labute approximate surface area is 114 Å². The van der Waals surface area contributed by atoms with E-state index in [4.69, 9.17) is 4.74 Å². The highest BCUT2D eigenvalue weighted by molar-refractivity contribution is 5.98. The zero-order valence-corrected chi connectivity index (χ0v) is 11.2. The Kier molecular flexibility index (Phi) is 4.25. The number of hydrogen-bond acceptors (Lipinski definition) is 3. The van der Waals surface area contributed by atoms with Crippen molar-refractivity contribution < 1.29 is 9.53 Å². The Morgan fingerprint density at radius 2 is 1.89 bits per heavy atom. The van der Waals surface area contributed by atoms with Gasteiger partial charge in [0.25, 0.3) is 0 Å². The first kappa shape index (κ1) is 13.4. The molecular formula is C14H18ClNO2. The number of rotatable bonds is 1. The van der Waals surface area contributed by atoms with Crippen LogP contribution in [0.25, 0.3) is 0 Å². The lowest BCUT2D eigenvalue weighted by Gasteiger charge is -2.30. The molecule has 0 N–H and O–H groups in total. The standard InChI is InChI=1S/C14H17NO2.ClH/c16-14-3-1-2-11-10-12(4-5-13(11)14)15-6-8-17-9-7-15;/h4-5,10H,1-3,6-9H2;1H. The Balaban J connectivity index is 0.00000120. The van der Waals surface area contributed by atoms with Crippen molar-refractivity contribution in [3.05, 3.63) is 29.3 Å². The molecule has 0 bridgehead atoms. The minimum absolute atomic E-state index is 0. The lowest BCUT2D eigenvalue weighted by molar-refractivity contribution is 0.0972. The third-order valence-corrected chi connectivity index (χ3v) is 3.62. The summed E-state index contributed by atoms with van der Waals surface area (Å²) < 4.78 is 5.36. The van der Waals surface area contributed by atoms with Crippen LogP contribution < -0.4 is 4.90 Å². The minimum Gasteiger partial charge on any atom is -0.378 e. The number of Topliss-reactive ketones (excluding diaryl/α,β-unsaturated/α-hetero) is 1. The van der Waals surface area contributed by atoms with Gasteiger partial charge in [-0.15, -0.1) is 12.4 Å². The van der Waals surface area contributed by atoms with Gasteiger partial charge in [0.1, 0.15) is 0 Å². The largest absolute Gasteiger partial charge is 0.378 e. The molecule has 1 aromatic carbocycles. The molecule has 3 nitrogen and oxygen atoms in total. The zero-order valence-electron chi connectivity index (χ0n) is 10.4. The van der Waals surface area contributed by atoms with Gasteiger partial charge in [-0.05, 0) is 36.6 Å². The quantitative estimate of drug-likeness (QED) is 0.783. The van der Waals surface area contributed by atoms with Gasteiger partial charge in [0.2, 0.25) is 0 Å². The Morgan fingerprint density at radius 3 is 2.67 bits per heavy atom. The van der Waals surface area contributed by atoms with Crippen LogP contribution in [-0.2, 0) is 11.2 Å². The van der Waals surface area contributed by atoms with E-state index in [-0.39, 0.29) is 12.4 Å². The monoisotopic (exact) mass is 267 g/mol. The summed E-state index contributed by atoms with van der Waals surface area (Å²) in [4.78, 5) is 14.1. The van der Waals surface area contributed by atoms with Crippen LogP contribution in [0.5, 0.6) is 0 Å². The predicted molar refractivity (Wildman–Crippen MR) is 74.0 cm³/mol. The van der Waals surface area contributed by atoms with Crippen LogP contribution >= 0.6 is 12.4 Å². The van der Waals surface area contributed by atoms with Gasteiger partial charge in [-0.2, -0.15) is 0 Å². The van der Waals surface area contributed by atoms with E-state index in [1.54, 1.807) is 0 Å². The van der Waals surface area contributed by atoms with Gasteiger partial charge in [-0.3, -0.25) is 4.79 Å². The summed E-state index contributed by atoms with van der Waals surface area (Å²) in [6, 6.07) is 6.27. The van der Waals surface area contributed by atoms with Gasteiger partial charge < -0.3 is 9.64 Å². The lowest BCUT2D eigenvalue weighted by atomic mass is 9.90. The summed E-state index contributed by atoms with van der Waals surface area (Å²) in [6.07, 6.45) is 2.75. The molecule has 0 aromatic heterocycles. The molecule has 1 aliphatic carbocycles. The van der Waals surface area contributed by atoms with Crippen molar-refractivity contribution in [1.29, 1.82) is 0 Å². The molecule has 1 aliphatic heterocycles. The first-order valence-corrected chi connectivity index (χ1v) is 6.33. The van der Waals surface area contributed by atoms with E-state index < -0.39 is 0 Å². The van der Waals surface area contributed by atoms with Crippen LogP contribution in [0, 0.1) is 0 Å². The van der Waals surface area contributed by atoms with Crippen LogP contribution in [0.2, 0.25) is 0 Å². The van der Waals surface area contributed by atoms with Crippen molar-refractivity contribution in [2.45, 2.75) is 19.3 Å². The fourth-order valence-electron chi connectivity index (χ4n) is 2.65. The third-order valence-electron chi connectivity index (χ3n) is 3.62. The summed E-state index contributed by atoms with van der Waals surface area (Å²) in [5.74, 6) is 0.305. The van der Waals surface area contributed by atoms with Gasteiger partial charge in [0.15, 0.2) is 5.78 Å². The summed E-state index contributed by atoms with van der Waals surface area (Å²) in [5.41, 5.74) is 3.40. The molecule has 0 radical (unpaired) electrons. The maximum Gasteiger partial charge on any atom is 0.163 e. The summed E-state index contributed by atoms with van der Waals surface area (Å²) in [7, 11) is 0. The number of ketones is 1. The number of fused-ring (bicyclic) bond motifs is 1. The minimum atomic E-state index is 0. The van der Waals surface area contributed by atoms with Crippen molar-refractivity contribution in [3.8, 4) is 0 Å². The van der Waals surface area contributed by atoms with E-state index in [1.165, 1.54) is 11.3 Å². The summed E-state index contributed by atoms with van der Waals surface area (Å²) >= 11 is 0. The highest BCUT2D eigenvalue weighted by Crippen LogP contribution is 2.26. The molecular weight excluding hydrogens is 250 g/mol. The van der Waals surface area contributed by atoms with Crippen molar-refractivity contribution >= 4 is 23.9 Å². The van der Waals surface area contributed by atoms with E-state index in [0.717, 1.165) is 44.7 Å². The molecule has 0 amide bonds. The van der Waals surface area contributed by atoms with Gasteiger partial charge in [-0.25, -0.2) is 0 Å². The van der Waals surface area contributed by atoms with Crippen LogP contribution in [0.1, 0.15) is 28.8 Å². The van der Waals surface area contributed by atoms with Gasteiger partial charge in [-0.1, -0.05) is 0 Å². The molecule has 1 saturated heterocycles. The molecule has 1 aromatic rings. The number of carbonyl (C=O) groups is 1. The third kappa shape index (κ3) is 2.52. The highest BCUT2D eigenvalue weighted by atomic mass is 35.5. The molecule has 0 atom stereocenters. The maximum absolute atomic E-state index is 11.7. The smallest absolute Gasteiger partial charge is 0.163 e. The molecule has 98 valence electrons. The second kappa shape index (κ2) is 5.72. The first-order valence-electron chi connectivity index (χ1n) is 6.33. The van der Waals surface area contributed by atoms with Crippen molar-refractivity contribution in [1.82, 2.24) is 0 Å². The van der Waals surface area contributed by atoms with E-state index in [9.17, 15) is 4.79 Å². The zero-order chi connectivity index (χ0) is 11.7. The molecule has 1 fully saturated rings. The lowest BCUT2D eigenvalue weighted by Crippen LogP contribution is -2.36. The van der Waals surface area contributed by atoms with Crippen LogP contribution in [0.3, 0.4) is 0 Å². The number of halogens is 1. The average molecular weight is 268 g/mol. The number of benzene rings is 1. The van der Waals surface area contributed by atoms with Crippen molar-refractivity contribution in [2.24, 2.45) is 0 Å². The van der Waals surface area contributed by atoms with Gasteiger partial charge >= 0.3 is 0 Å². The molecule has 2 aliphatic rings. The molecule has 1 heterocycles. The summed E-state index contributed by atoms with van der Waals surface area (Å²) in [5, 5.41) is 0. The van der Waals surface area contributed by atoms with Gasteiger partial charge in [0.05, 0.1) is 13.2 Å². The van der Waals surface area contributed by atoms with E-state index in [0.29, 0.717) is 12.2 Å². The average Bonchev–Trinajstić information content (AvgIpc) is 2.40. The molecule has 0 spiro atoms. The van der Waals surface area contributed by atoms with Crippen LogP contribution in [-0.4, -0.2) is 32.1 Å². The van der Waals surface area contributed by atoms with E-state index in [2.05, 4.69) is 17.0 Å². The van der Waals surface area contributed by atoms with E-state index >= 15 is 0 Å². The normalized spacial score (nSPS) is 19.1. The van der Waals surface area contributed by atoms with Crippen LogP contribution in [0.15, 0.2) is 18.2 Å². The maximum atomic E-state index is 11.7. The number of morpholine rings is 1. The molecule has 0 saturated carbocycles. The van der Waals surface area contributed by atoms with Gasteiger partial charge in [0, 0.05) is 30.8 Å². The highest BCUT2D eigenvalue weighted by Gasteiger charge is 2.19. The molecule has 18 heavy (non-hydrogen) atoms. The topological polar surface area (TPSA) is 29.5 Å². The Hall–Kier alpha value is -1.06. The van der Waals surface area contributed by atoms with Crippen LogP contribution in [0.4, 0.5) is 5.69 Å². The number of carbonyl (C=O) groups excluding carboxylic acids is 1. The van der Waals surface area contributed by atoms with Crippen molar-refractivity contribution in [3.63, 3.8) is 0 Å². The fraction of sp³-hybridized carbons (Fsp3) is 0.500. The van der Waals surface area contributed by atoms with Crippen molar-refractivity contribution in [2.75, 3.05) is 31.2 Å². The predicted octanol–water partition coefficient (Wildman–Crippen LogP) is 2.46. The van der Waals surface area contributed by atoms with E-state index in [1.807, 2.05) is 6.07 Å². The second-order valence-electron chi connectivity index (χ2n) is 4.72. The number of hydrogen-bond donors (Lipinski definition) is 0. The molecule has 3 rings (SSSR count). The number of anilines is 1. The Morgan fingerprint density at radius 1 is 1.11 bits per heavy atom.